The maximum atomic E-state index is 11.4. The molecule has 0 N–H and O–H groups in total. The fraction of sp³-hybridized carbons (Fsp3) is 0.562. The van der Waals surface area contributed by atoms with Crippen LogP contribution in [0.5, 0.6) is 0 Å². The molecule has 0 aromatic heterocycles. The Morgan fingerprint density at radius 2 is 1.36 bits per heavy atom. The summed E-state index contributed by atoms with van der Waals surface area (Å²) in [6, 6.07) is 0. The molecule has 0 amide bonds. The standard InChI is InChI=1S/C16H24O6/c1-20-14(17)10-6-3-4-9-13-22-16(19)12-8-5-7-11-15(18)21-2/h6-7,10-11H,3-5,8-9,12-13H2,1-2H3/b10-6+,11-7+. The molecule has 0 aromatic rings. The fourth-order valence-electron chi connectivity index (χ4n) is 1.48. The molecule has 0 fully saturated rings. The summed E-state index contributed by atoms with van der Waals surface area (Å²) in [7, 11) is 2.65. The van der Waals surface area contributed by atoms with Gasteiger partial charge in [-0.15, -0.1) is 0 Å². The minimum absolute atomic E-state index is 0.239. The number of ether oxygens (including phenoxy) is 3. The van der Waals surface area contributed by atoms with Crippen molar-refractivity contribution in [3.8, 4) is 0 Å². The number of hydrogen-bond acceptors (Lipinski definition) is 6. The topological polar surface area (TPSA) is 78.9 Å². The summed E-state index contributed by atoms with van der Waals surface area (Å²) >= 11 is 0. The SMILES string of the molecule is COC(=O)/C=C/CCCCOC(=O)CCC/C=C/C(=O)OC. The molecule has 6 nitrogen and oxygen atoms in total. The molecule has 0 spiro atoms. The van der Waals surface area contributed by atoms with Gasteiger partial charge in [0.1, 0.15) is 0 Å². The summed E-state index contributed by atoms with van der Waals surface area (Å²) in [5.74, 6) is -1.01. The first-order chi connectivity index (χ1) is 10.6. The summed E-state index contributed by atoms with van der Waals surface area (Å²) in [4.78, 5) is 33.0. The molecule has 0 unspecified atom stereocenters. The number of methoxy groups -OCH3 is 2. The second-order valence-corrected chi connectivity index (χ2v) is 4.46. The van der Waals surface area contributed by atoms with Gasteiger partial charge in [0.05, 0.1) is 20.8 Å². The third-order valence-corrected chi connectivity index (χ3v) is 2.69. The first kappa shape index (κ1) is 19.9. The van der Waals surface area contributed by atoms with Crippen molar-refractivity contribution in [3.05, 3.63) is 24.3 Å². The third-order valence-electron chi connectivity index (χ3n) is 2.69. The zero-order valence-corrected chi connectivity index (χ0v) is 13.2. The van der Waals surface area contributed by atoms with Gasteiger partial charge in [-0.25, -0.2) is 9.59 Å². The van der Waals surface area contributed by atoms with Crippen molar-refractivity contribution in [3.63, 3.8) is 0 Å². The van der Waals surface area contributed by atoms with Crippen LogP contribution in [0.4, 0.5) is 0 Å². The zero-order chi connectivity index (χ0) is 16.6. The van der Waals surface area contributed by atoms with Gasteiger partial charge in [0, 0.05) is 18.6 Å². The molecular weight excluding hydrogens is 288 g/mol. The van der Waals surface area contributed by atoms with E-state index in [-0.39, 0.29) is 11.9 Å². The van der Waals surface area contributed by atoms with Gasteiger partial charge in [0.25, 0.3) is 0 Å². The smallest absolute Gasteiger partial charge is 0.330 e. The first-order valence-electron chi connectivity index (χ1n) is 7.24. The number of esters is 3. The van der Waals surface area contributed by atoms with E-state index in [9.17, 15) is 14.4 Å². The number of unbranched alkanes of at least 4 members (excludes halogenated alkanes) is 3. The van der Waals surface area contributed by atoms with E-state index < -0.39 is 5.97 Å². The van der Waals surface area contributed by atoms with Gasteiger partial charge < -0.3 is 14.2 Å². The molecule has 0 atom stereocenters. The van der Waals surface area contributed by atoms with E-state index in [2.05, 4.69) is 9.47 Å². The quantitative estimate of drug-likeness (QED) is 0.252. The van der Waals surface area contributed by atoms with E-state index in [4.69, 9.17) is 4.74 Å². The highest BCUT2D eigenvalue weighted by Crippen LogP contribution is 2.02. The average molecular weight is 312 g/mol. The van der Waals surface area contributed by atoms with Gasteiger partial charge in [-0.1, -0.05) is 12.2 Å². The molecule has 0 aromatic carbocycles. The molecule has 0 saturated heterocycles. The Labute approximate surface area is 131 Å². The van der Waals surface area contributed by atoms with Crippen LogP contribution in [-0.4, -0.2) is 38.7 Å². The minimum Gasteiger partial charge on any atom is -0.466 e. The van der Waals surface area contributed by atoms with Crippen LogP contribution < -0.4 is 0 Å². The lowest BCUT2D eigenvalue weighted by molar-refractivity contribution is -0.144. The lowest BCUT2D eigenvalue weighted by atomic mass is 10.2. The van der Waals surface area contributed by atoms with Crippen molar-refractivity contribution in [2.45, 2.75) is 38.5 Å². The van der Waals surface area contributed by atoms with Gasteiger partial charge >= 0.3 is 17.9 Å². The summed E-state index contributed by atoms with van der Waals surface area (Å²) in [6.45, 7) is 0.378. The maximum Gasteiger partial charge on any atom is 0.330 e. The van der Waals surface area contributed by atoms with Crippen LogP contribution in [0.2, 0.25) is 0 Å². The average Bonchev–Trinajstić information content (AvgIpc) is 2.52. The summed E-state index contributed by atoms with van der Waals surface area (Å²) in [5.41, 5.74) is 0. The van der Waals surface area contributed by atoms with E-state index in [0.29, 0.717) is 25.9 Å². The van der Waals surface area contributed by atoms with E-state index in [1.54, 1.807) is 12.2 Å². The van der Waals surface area contributed by atoms with Crippen molar-refractivity contribution in [1.82, 2.24) is 0 Å². The van der Waals surface area contributed by atoms with Gasteiger partial charge in [-0.05, 0) is 32.1 Å². The Morgan fingerprint density at radius 3 is 1.91 bits per heavy atom. The number of hydrogen-bond donors (Lipinski definition) is 0. The maximum absolute atomic E-state index is 11.4. The molecule has 0 heterocycles. The Balaban J connectivity index is 3.47. The van der Waals surface area contributed by atoms with Gasteiger partial charge in [-0.2, -0.15) is 0 Å². The minimum atomic E-state index is -0.399. The van der Waals surface area contributed by atoms with Crippen molar-refractivity contribution in [2.75, 3.05) is 20.8 Å². The molecule has 0 rings (SSSR count). The molecular formula is C16H24O6. The van der Waals surface area contributed by atoms with E-state index >= 15 is 0 Å². The van der Waals surface area contributed by atoms with Crippen LogP contribution in [0, 0.1) is 0 Å². The Morgan fingerprint density at radius 1 is 0.818 bits per heavy atom. The van der Waals surface area contributed by atoms with Crippen LogP contribution in [-0.2, 0) is 28.6 Å². The number of rotatable bonds is 11. The first-order valence-corrected chi connectivity index (χ1v) is 7.24. The summed E-state index contributed by atoms with van der Waals surface area (Å²) in [6.07, 6.45) is 10.0. The molecule has 0 aliphatic carbocycles. The Hall–Kier alpha value is -2.11. The normalized spacial score (nSPS) is 10.8. The van der Waals surface area contributed by atoms with E-state index in [1.165, 1.54) is 26.4 Å². The molecule has 6 heteroatoms. The highest BCUT2D eigenvalue weighted by Gasteiger charge is 2.01. The highest BCUT2D eigenvalue weighted by molar-refractivity contribution is 5.82. The van der Waals surface area contributed by atoms with Crippen LogP contribution in [0.15, 0.2) is 24.3 Å². The Bertz CT molecular complexity index is 397. The Kier molecular flexibility index (Phi) is 12.5. The lowest BCUT2D eigenvalue weighted by Crippen LogP contribution is -2.05. The molecule has 0 aliphatic rings. The van der Waals surface area contributed by atoms with E-state index in [1.807, 2.05) is 0 Å². The molecule has 124 valence electrons. The van der Waals surface area contributed by atoms with Crippen molar-refractivity contribution in [1.29, 1.82) is 0 Å². The largest absolute Gasteiger partial charge is 0.466 e. The van der Waals surface area contributed by atoms with Crippen molar-refractivity contribution in [2.24, 2.45) is 0 Å². The van der Waals surface area contributed by atoms with Gasteiger partial charge in [0.2, 0.25) is 0 Å². The van der Waals surface area contributed by atoms with Gasteiger partial charge in [0.15, 0.2) is 0 Å². The van der Waals surface area contributed by atoms with Crippen LogP contribution in [0.25, 0.3) is 0 Å². The van der Waals surface area contributed by atoms with Crippen molar-refractivity contribution >= 4 is 17.9 Å². The zero-order valence-electron chi connectivity index (χ0n) is 13.2. The molecule has 0 radical (unpaired) electrons. The van der Waals surface area contributed by atoms with Crippen LogP contribution in [0.3, 0.4) is 0 Å². The lowest BCUT2D eigenvalue weighted by Gasteiger charge is -2.03. The van der Waals surface area contributed by atoms with Crippen LogP contribution in [0.1, 0.15) is 38.5 Å². The third kappa shape index (κ3) is 12.9. The summed E-state index contributed by atoms with van der Waals surface area (Å²) < 4.78 is 14.0. The fourth-order valence-corrected chi connectivity index (χ4v) is 1.48. The van der Waals surface area contributed by atoms with E-state index in [0.717, 1.165) is 19.3 Å². The highest BCUT2D eigenvalue weighted by atomic mass is 16.5. The second-order valence-electron chi connectivity index (χ2n) is 4.46. The molecule has 0 saturated carbocycles. The summed E-state index contributed by atoms with van der Waals surface area (Å²) in [5, 5.41) is 0. The van der Waals surface area contributed by atoms with Gasteiger partial charge in [-0.3, -0.25) is 4.79 Å². The second kappa shape index (κ2) is 13.9. The predicted octanol–water partition coefficient (Wildman–Crippen LogP) is 2.33. The predicted molar refractivity (Wildman–Crippen MR) is 81.0 cm³/mol. The molecule has 0 aliphatic heterocycles. The monoisotopic (exact) mass is 312 g/mol. The number of allylic oxidation sites excluding steroid dienone is 2. The molecule has 22 heavy (non-hydrogen) atoms. The number of carbonyl (C=O) groups excluding carboxylic acids is 3. The van der Waals surface area contributed by atoms with Crippen LogP contribution >= 0.6 is 0 Å². The molecule has 0 bridgehead atoms. The van der Waals surface area contributed by atoms with Crippen molar-refractivity contribution < 1.29 is 28.6 Å². The number of carbonyl (C=O) groups is 3.